The highest BCUT2D eigenvalue weighted by Crippen LogP contribution is 2.12. The van der Waals surface area contributed by atoms with Crippen molar-refractivity contribution in [2.75, 3.05) is 13.2 Å². The van der Waals surface area contributed by atoms with Crippen molar-refractivity contribution in [3.8, 4) is 0 Å². The summed E-state index contributed by atoms with van der Waals surface area (Å²) in [6, 6.07) is 0. The van der Waals surface area contributed by atoms with E-state index in [1.807, 2.05) is 6.92 Å². The highest BCUT2D eigenvalue weighted by atomic mass is 16.5. The number of carbonyl (C=O) groups is 1. The lowest BCUT2D eigenvalue weighted by atomic mass is 9.99. The third kappa shape index (κ3) is 5.88. The van der Waals surface area contributed by atoms with Crippen LogP contribution in [0.4, 0.5) is 0 Å². The van der Waals surface area contributed by atoms with Crippen LogP contribution in [0.1, 0.15) is 33.6 Å². The first-order valence-electron chi connectivity index (χ1n) is 5.65. The summed E-state index contributed by atoms with van der Waals surface area (Å²) in [7, 11) is 0. The van der Waals surface area contributed by atoms with Gasteiger partial charge in [-0.15, -0.1) is 0 Å². The number of aliphatic hydroxyl groups excluding tert-OH is 2. The Labute approximate surface area is 96.9 Å². The average molecular weight is 230 g/mol. The average Bonchev–Trinajstić information content (AvgIpc) is 2.27. The Morgan fingerprint density at radius 3 is 2.62 bits per heavy atom. The molecule has 0 aromatic rings. The van der Waals surface area contributed by atoms with Gasteiger partial charge in [0.2, 0.25) is 0 Å². The summed E-state index contributed by atoms with van der Waals surface area (Å²) in [4.78, 5) is 11.2. The van der Waals surface area contributed by atoms with Crippen molar-refractivity contribution in [2.45, 2.75) is 39.7 Å². The molecule has 0 saturated carbocycles. The van der Waals surface area contributed by atoms with Crippen molar-refractivity contribution >= 4 is 5.97 Å². The van der Waals surface area contributed by atoms with Gasteiger partial charge in [-0.25, -0.2) is 4.79 Å². The van der Waals surface area contributed by atoms with Crippen molar-refractivity contribution in [2.24, 2.45) is 5.92 Å². The number of hydrogen-bond acceptors (Lipinski definition) is 4. The van der Waals surface area contributed by atoms with Gasteiger partial charge in [-0.1, -0.05) is 13.0 Å². The molecule has 4 heteroatoms. The molecule has 94 valence electrons. The van der Waals surface area contributed by atoms with Gasteiger partial charge >= 0.3 is 5.97 Å². The fourth-order valence-electron chi connectivity index (χ4n) is 1.26. The van der Waals surface area contributed by atoms with E-state index in [4.69, 9.17) is 9.84 Å². The van der Waals surface area contributed by atoms with Gasteiger partial charge in [0.05, 0.1) is 19.3 Å². The molecule has 0 fully saturated rings. The van der Waals surface area contributed by atoms with Crippen molar-refractivity contribution in [1.29, 1.82) is 0 Å². The van der Waals surface area contributed by atoms with Crippen LogP contribution in [0, 0.1) is 5.92 Å². The van der Waals surface area contributed by atoms with Crippen LogP contribution in [0.25, 0.3) is 0 Å². The van der Waals surface area contributed by atoms with Crippen LogP contribution < -0.4 is 0 Å². The summed E-state index contributed by atoms with van der Waals surface area (Å²) in [5.41, 5.74) is 0.590. The van der Waals surface area contributed by atoms with Crippen molar-refractivity contribution in [3.63, 3.8) is 0 Å². The van der Waals surface area contributed by atoms with Gasteiger partial charge < -0.3 is 14.9 Å². The van der Waals surface area contributed by atoms with Gasteiger partial charge in [-0.2, -0.15) is 0 Å². The zero-order valence-electron chi connectivity index (χ0n) is 10.3. The predicted octanol–water partition coefficient (Wildman–Crippen LogP) is 1.27. The molecule has 0 bridgehead atoms. The number of rotatable bonds is 7. The van der Waals surface area contributed by atoms with Crippen LogP contribution in [-0.4, -0.2) is 35.5 Å². The van der Waals surface area contributed by atoms with Gasteiger partial charge in [-0.05, 0) is 32.6 Å². The number of esters is 1. The smallest absolute Gasteiger partial charge is 0.333 e. The third-order valence-corrected chi connectivity index (χ3v) is 2.51. The summed E-state index contributed by atoms with van der Waals surface area (Å²) < 4.78 is 4.83. The molecule has 0 aliphatic rings. The first-order valence-corrected chi connectivity index (χ1v) is 5.65. The first-order chi connectivity index (χ1) is 7.52. The minimum atomic E-state index is -0.684. The Morgan fingerprint density at radius 2 is 2.12 bits per heavy atom. The zero-order chi connectivity index (χ0) is 12.6. The highest BCUT2D eigenvalue weighted by Gasteiger charge is 2.12. The largest absolute Gasteiger partial charge is 0.463 e. The maximum Gasteiger partial charge on any atom is 0.333 e. The molecule has 0 aliphatic heterocycles. The van der Waals surface area contributed by atoms with Crippen LogP contribution in [0.5, 0.6) is 0 Å². The van der Waals surface area contributed by atoms with Gasteiger partial charge in [0, 0.05) is 5.57 Å². The van der Waals surface area contributed by atoms with E-state index in [0.717, 1.165) is 6.42 Å². The van der Waals surface area contributed by atoms with Crippen molar-refractivity contribution in [3.05, 3.63) is 11.6 Å². The molecule has 2 atom stereocenters. The quantitative estimate of drug-likeness (QED) is 0.510. The molecule has 4 nitrogen and oxygen atoms in total. The highest BCUT2D eigenvalue weighted by molar-refractivity contribution is 5.87. The van der Waals surface area contributed by atoms with E-state index in [0.29, 0.717) is 18.6 Å². The van der Waals surface area contributed by atoms with Crippen molar-refractivity contribution < 1.29 is 19.7 Å². The molecule has 0 aromatic carbocycles. The molecular weight excluding hydrogens is 208 g/mol. The second-order valence-electron chi connectivity index (χ2n) is 3.91. The van der Waals surface area contributed by atoms with Gasteiger partial charge in [0.25, 0.3) is 0 Å². The summed E-state index contributed by atoms with van der Waals surface area (Å²) >= 11 is 0. The second-order valence-corrected chi connectivity index (χ2v) is 3.91. The number of aliphatic hydroxyl groups is 2. The van der Waals surface area contributed by atoms with Crippen molar-refractivity contribution in [1.82, 2.24) is 0 Å². The SMILES string of the molecule is CCOC(=O)/C(C)=C\CC[C@H](C)[C@H](O)CO. The molecule has 0 unspecified atom stereocenters. The Kier molecular flexibility index (Phi) is 7.85. The van der Waals surface area contributed by atoms with Crippen LogP contribution in [0.2, 0.25) is 0 Å². The Balaban J connectivity index is 3.94. The lowest BCUT2D eigenvalue weighted by Gasteiger charge is -2.15. The Morgan fingerprint density at radius 1 is 1.50 bits per heavy atom. The normalized spacial score (nSPS) is 15.7. The van der Waals surface area contributed by atoms with E-state index in [1.54, 1.807) is 19.9 Å². The number of hydrogen-bond donors (Lipinski definition) is 2. The fourth-order valence-corrected chi connectivity index (χ4v) is 1.26. The van der Waals surface area contributed by atoms with Crippen LogP contribution in [0.15, 0.2) is 11.6 Å². The molecule has 0 amide bonds. The molecule has 0 spiro atoms. The monoisotopic (exact) mass is 230 g/mol. The summed E-state index contributed by atoms with van der Waals surface area (Å²) in [5.74, 6) is -0.269. The van der Waals surface area contributed by atoms with E-state index < -0.39 is 6.10 Å². The lowest BCUT2D eigenvalue weighted by Crippen LogP contribution is -2.21. The number of allylic oxidation sites excluding steroid dienone is 1. The van der Waals surface area contributed by atoms with E-state index >= 15 is 0 Å². The summed E-state index contributed by atoms with van der Waals surface area (Å²) in [5, 5.41) is 18.1. The fraction of sp³-hybridized carbons (Fsp3) is 0.750. The summed E-state index contributed by atoms with van der Waals surface area (Å²) in [6.07, 6.45) is 2.55. The first kappa shape index (κ1) is 15.1. The number of carbonyl (C=O) groups excluding carboxylic acids is 1. The van der Waals surface area contributed by atoms with Gasteiger partial charge in [0.1, 0.15) is 0 Å². The number of ether oxygens (including phenoxy) is 1. The maximum absolute atomic E-state index is 11.2. The molecule has 16 heavy (non-hydrogen) atoms. The molecule has 0 aliphatic carbocycles. The zero-order valence-corrected chi connectivity index (χ0v) is 10.3. The Bertz CT molecular complexity index is 235. The van der Waals surface area contributed by atoms with Crippen LogP contribution >= 0.6 is 0 Å². The minimum absolute atomic E-state index is 0.0243. The van der Waals surface area contributed by atoms with E-state index in [1.165, 1.54) is 0 Å². The van der Waals surface area contributed by atoms with Gasteiger partial charge in [-0.3, -0.25) is 0 Å². The lowest BCUT2D eigenvalue weighted by molar-refractivity contribution is -0.138. The van der Waals surface area contributed by atoms with E-state index in [-0.39, 0.29) is 18.5 Å². The van der Waals surface area contributed by atoms with Crippen LogP contribution in [0.3, 0.4) is 0 Å². The Hall–Kier alpha value is -0.870. The molecule has 0 radical (unpaired) electrons. The molecule has 0 heterocycles. The predicted molar refractivity (Wildman–Crippen MR) is 61.9 cm³/mol. The van der Waals surface area contributed by atoms with E-state index in [9.17, 15) is 9.90 Å². The summed E-state index contributed by atoms with van der Waals surface area (Å²) in [6.45, 7) is 5.51. The van der Waals surface area contributed by atoms with Gasteiger partial charge in [0.15, 0.2) is 0 Å². The maximum atomic E-state index is 11.2. The molecular formula is C12H22O4. The minimum Gasteiger partial charge on any atom is -0.463 e. The molecule has 2 N–H and O–H groups in total. The van der Waals surface area contributed by atoms with Crippen LogP contribution in [-0.2, 0) is 9.53 Å². The van der Waals surface area contributed by atoms with E-state index in [2.05, 4.69) is 0 Å². The third-order valence-electron chi connectivity index (χ3n) is 2.51. The standard InChI is InChI=1S/C12H22O4/c1-4-16-12(15)10(3)7-5-6-9(2)11(14)8-13/h7,9,11,13-14H,4-6,8H2,1-3H3/b10-7-/t9-,11+/m0/s1. The second kappa shape index (κ2) is 8.30. The molecule has 0 aromatic heterocycles. The molecule has 0 saturated heterocycles. The topological polar surface area (TPSA) is 66.8 Å². The molecule has 0 rings (SSSR count).